The molecule has 0 aromatic heterocycles. The highest BCUT2D eigenvalue weighted by molar-refractivity contribution is 7.80. The van der Waals surface area contributed by atoms with Crippen LogP contribution < -0.4 is 5.73 Å². The topological polar surface area (TPSA) is 35.2 Å². The molecule has 3 heteroatoms. The highest BCUT2D eigenvalue weighted by Crippen LogP contribution is 2.16. The van der Waals surface area contributed by atoms with E-state index < -0.39 is 0 Å². The first-order chi connectivity index (χ1) is 6.25. The molecule has 0 bridgehead atoms. The van der Waals surface area contributed by atoms with E-state index in [2.05, 4.69) is 0 Å². The Bertz CT molecular complexity index is 274. The van der Waals surface area contributed by atoms with Crippen LogP contribution in [0.5, 0.6) is 0 Å². The predicted octanol–water partition coefficient (Wildman–Crippen LogP) is 2.05. The average Bonchev–Trinajstić information content (AvgIpc) is 2.15. The van der Waals surface area contributed by atoms with Crippen LogP contribution in [0.4, 0.5) is 0 Å². The molecular formula is C10H13NOS. The van der Waals surface area contributed by atoms with Gasteiger partial charge in [0.05, 0.1) is 0 Å². The number of rotatable bonds is 4. The largest absolute Gasteiger partial charge is 0.391 e. The number of hydrogen-bond acceptors (Lipinski definition) is 2. The minimum absolute atomic E-state index is 0.249. The Morgan fingerprint density at radius 3 is 2.54 bits per heavy atom. The SMILES string of the molecule is CCOC(C(N)=S)c1ccccc1. The van der Waals surface area contributed by atoms with Gasteiger partial charge in [-0.25, -0.2) is 0 Å². The van der Waals surface area contributed by atoms with Gasteiger partial charge in [0.1, 0.15) is 11.1 Å². The summed E-state index contributed by atoms with van der Waals surface area (Å²) in [5, 5.41) is 0. The summed E-state index contributed by atoms with van der Waals surface area (Å²) in [6, 6.07) is 9.75. The lowest BCUT2D eigenvalue weighted by atomic mass is 10.1. The molecule has 2 N–H and O–H groups in total. The van der Waals surface area contributed by atoms with Crippen molar-refractivity contribution in [1.82, 2.24) is 0 Å². The molecule has 0 aliphatic heterocycles. The molecule has 0 aliphatic rings. The second kappa shape index (κ2) is 4.94. The lowest BCUT2D eigenvalue weighted by Gasteiger charge is -2.15. The first-order valence-electron chi connectivity index (χ1n) is 4.21. The Labute approximate surface area is 83.7 Å². The predicted molar refractivity (Wildman–Crippen MR) is 57.6 cm³/mol. The first kappa shape index (κ1) is 10.2. The zero-order chi connectivity index (χ0) is 9.68. The summed E-state index contributed by atoms with van der Waals surface area (Å²) in [4.78, 5) is 0.382. The Kier molecular flexibility index (Phi) is 3.86. The third kappa shape index (κ3) is 2.79. The lowest BCUT2D eigenvalue weighted by molar-refractivity contribution is 0.111. The fourth-order valence-electron chi connectivity index (χ4n) is 1.14. The quantitative estimate of drug-likeness (QED) is 0.747. The maximum absolute atomic E-state index is 5.56. The molecule has 0 heterocycles. The van der Waals surface area contributed by atoms with E-state index >= 15 is 0 Å². The van der Waals surface area contributed by atoms with Gasteiger partial charge in [-0.2, -0.15) is 0 Å². The molecule has 1 aromatic rings. The first-order valence-corrected chi connectivity index (χ1v) is 4.62. The Morgan fingerprint density at radius 1 is 1.46 bits per heavy atom. The number of nitrogens with two attached hydrogens (primary N) is 1. The van der Waals surface area contributed by atoms with Crippen LogP contribution in [0, 0.1) is 0 Å². The van der Waals surface area contributed by atoms with Crippen LogP contribution in [0.2, 0.25) is 0 Å². The maximum Gasteiger partial charge on any atom is 0.132 e. The molecule has 0 spiro atoms. The van der Waals surface area contributed by atoms with Gasteiger partial charge in [0.25, 0.3) is 0 Å². The van der Waals surface area contributed by atoms with Crippen molar-refractivity contribution in [2.45, 2.75) is 13.0 Å². The fraction of sp³-hybridized carbons (Fsp3) is 0.300. The monoisotopic (exact) mass is 195 g/mol. The van der Waals surface area contributed by atoms with Gasteiger partial charge in [0.2, 0.25) is 0 Å². The minimum atomic E-state index is -0.249. The number of thiocarbonyl (C=S) groups is 1. The van der Waals surface area contributed by atoms with Crippen LogP contribution in [0.3, 0.4) is 0 Å². The van der Waals surface area contributed by atoms with Crippen LogP contribution in [0.15, 0.2) is 30.3 Å². The van der Waals surface area contributed by atoms with Crippen molar-refractivity contribution < 1.29 is 4.74 Å². The van der Waals surface area contributed by atoms with Crippen LogP contribution >= 0.6 is 12.2 Å². The van der Waals surface area contributed by atoms with E-state index in [0.717, 1.165) is 5.56 Å². The van der Waals surface area contributed by atoms with E-state index in [4.69, 9.17) is 22.7 Å². The molecule has 0 saturated heterocycles. The molecule has 0 amide bonds. The van der Waals surface area contributed by atoms with Gasteiger partial charge < -0.3 is 10.5 Å². The summed E-state index contributed by atoms with van der Waals surface area (Å²) in [6.45, 7) is 2.53. The van der Waals surface area contributed by atoms with E-state index in [-0.39, 0.29) is 6.10 Å². The Hall–Kier alpha value is -0.930. The number of ether oxygens (including phenoxy) is 1. The van der Waals surface area contributed by atoms with Crippen LogP contribution in [-0.4, -0.2) is 11.6 Å². The second-order valence-electron chi connectivity index (χ2n) is 2.65. The zero-order valence-electron chi connectivity index (χ0n) is 7.57. The molecule has 13 heavy (non-hydrogen) atoms. The summed E-state index contributed by atoms with van der Waals surface area (Å²) in [5.41, 5.74) is 6.57. The number of benzene rings is 1. The molecule has 1 aromatic carbocycles. The van der Waals surface area contributed by atoms with Crippen molar-refractivity contribution >= 4 is 17.2 Å². The number of hydrogen-bond donors (Lipinski definition) is 1. The van der Waals surface area contributed by atoms with Gasteiger partial charge >= 0.3 is 0 Å². The van der Waals surface area contributed by atoms with E-state index in [1.165, 1.54) is 0 Å². The van der Waals surface area contributed by atoms with E-state index in [1.54, 1.807) is 0 Å². The van der Waals surface area contributed by atoms with Gasteiger partial charge in [0, 0.05) is 6.61 Å². The molecule has 70 valence electrons. The Balaban J connectivity index is 2.82. The van der Waals surface area contributed by atoms with Crippen LogP contribution in [0.1, 0.15) is 18.6 Å². The highest BCUT2D eigenvalue weighted by Gasteiger charge is 2.13. The lowest BCUT2D eigenvalue weighted by Crippen LogP contribution is -2.21. The van der Waals surface area contributed by atoms with Gasteiger partial charge in [-0.3, -0.25) is 0 Å². The molecule has 2 nitrogen and oxygen atoms in total. The van der Waals surface area contributed by atoms with Gasteiger partial charge in [-0.1, -0.05) is 42.5 Å². The van der Waals surface area contributed by atoms with Gasteiger partial charge in [-0.15, -0.1) is 0 Å². The molecule has 0 saturated carbocycles. The smallest absolute Gasteiger partial charge is 0.132 e. The van der Waals surface area contributed by atoms with Crippen molar-refractivity contribution in [1.29, 1.82) is 0 Å². The third-order valence-corrected chi connectivity index (χ3v) is 1.91. The van der Waals surface area contributed by atoms with Gasteiger partial charge in [-0.05, 0) is 12.5 Å². The molecule has 1 unspecified atom stereocenters. The summed E-state index contributed by atoms with van der Waals surface area (Å²) >= 11 is 4.92. The van der Waals surface area contributed by atoms with Crippen LogP contribution in [0.25, 0.3) is 0 Å². The molecule has 0 fully saturated rings. The Morgan fingerprint density at radius 2 is 2.08 bits per heavy atom. The van der Waals surface area contributed by atoms with Crippen LogP contribution in [-0.2, 0) is 4.74 Å². The van der Waals surface area contributed by atoms with Gasteiger partial charge in [0.15, 0.2) is 0 Å². The summed E-state index contributed by atoms with van der Waals surface area (Å²) < 4.78 is 5.42. The molecular weight excluding hydrogens is 182 g/mol. The highest BCUT2D eigenvalue weighted by atomic mass is 32.1. The van der Waals surface area contributed by atoms with Crippen molar-refractivity contribution in [2.75, 3.05) is 6.61 Å². The van der Waals surface area contributed by atoms with Crippen molar-refractivity contribution in [3.05, 3.63) is 35.9 Å². The normalized spacial score (nSPS) is 12.4. The summed E-state index contributed by atoms with van der Waals surface area (Å²) in [6.07, 6.45) is -0.249. The fourth-order valence-corrected chi connectivity index (χ4v) is 1.34. The molecule has 0 aliphatic carbocycles. The van der Waals surface area contributed by atoms with Crippen molar-refractivity contribution in [3.63, 3.8) is 0 Å². The molecule has 1 atom stereocenters. The van der Waals surface area contributed by atoms with E-state index in [9.17, 15) is 0 Å². The average molecular weight is 195 g/mol. The van der Waals surface area contributed by atoms with Crippen molar-refractivity contribution in [2.24, 2.45) is 5.73 Å². The minimum Gasteiger partial charge on any atom is -0.391 e. The van der Waals surface area contributed by atoms with Crippen molar-refractivity contribution in [3.8, 4) is 0 Å². The standard InChI is InChI=1S/C10H13NOS/c1-2-12-9(10(11)13)8-6-4-3-5-7-8/h3-7,9H,2H2,1H3,(H2,11,13). The summed E-state index contributed by atoms with van der Waals surface area (Å²) in [5.74, 6) is 0. The summed E-state index contributed by atoms with van der Waals surface area (Å²) in [7, 11) is 0. The third-order valence-electron chi connectivity index (χ3n) is 1.69. The maximum atomic E-state index is 5.56. The zero-order valence-corrected chi connectivity index (χ0v) is 8.38. The molecule has 0 radical (unpaired) electrons. The van der Waals surface area contributed by atoms with E-state index in [0.29, 0.717) is 11.6 Å². The van der Waals surface area contributed by atoms with E-state index in [1.807, 2.05) is 37.3 Å². The second-order valence-corrected chi connectivity index (χ2v) is 3.12. The molecule has 1 rings (SSSR count).